The number of benzene rings is 1. The number of likely N-dealkylation sites (tertiary alicyclic amines) is 1. The first-order chi connectivity index (χ1) is 12.3. The van der Waals surface area contributed by atoms with Crippen molar-refractivity contribution in [2.24, 2.45) is 10.9 Å². The van der Waals surface area contributed by atoms with Gasteiger partial charge in [0.1, 0.15) is 0 Å². The Hall–Kier alpha value is -1.56. The van der Waals surface area contributed by atoms with Crippen LogP contribution in [0.5, 0.6) is 0 Å². The largest absolute Gasteiger partial charge is 0.354 e. The lowest BCUT2D eigenvalue weighted by molar-refractivity contribution is 0.470. The molecule has 0 bridgehead atoms. The molecule has 0 aliphatic carbocycles. The molecule has 1 aromatic carbocycles. The van der Waals surface area contributed by atoms with Crippen LogP contribution in [0, 0.1) is 12.8 Å². The van der Waals surface area contributed by atoms with Crippen LogP contribution in [-0.2, 0) is 9.84 Å². The zero-order chi connectivity index (χ0) is 18.7. The molecule has 2 aliphatic heterocycles. The number of aliphatic imine (C=N–C) groups is 1. The van der Waals surface area contributed by atoms with Crippen molar-refractivity contribution in [2.45, 2.75) is 45.6 Å². The highest BCUT2D eigenvalue weighted by molar-refractivity contribution is 7.91. The van der Waals surface area contributed by atoms with E-state index in [1.54, 1.807) is 0 Å². The maximum atomic E-state index is 11.7. The molecule has 3 rings (SSSR count). The molecule has 6 heteroatoms. The van der Waals surface area contributed by atoms with Gasteiger partial charge >= 0.3 is 0 Å². The molecule has 1 aromatic rings. The molecule has 5 nitrogen and oxygen atoms in total. The van der Waals surface area contributed by atoms with Crippen molar-refractivity contribution in [1.82, 2.24) is 10.2 Å². The van der Waals surface area contributed by atoms with Gasteiger partial charge in [-0.1, -0.05) is 29.8 Å². The Balaban J connectivity index is 1.67. The fraction of sp³-hybridized carbons (Fsp3) is 0.650. The molecule has 2 fully saturated rings. The number of hydrogen-bond acceptors (Lipinski definition) is 3. The van der Waals surface area contributed by atoms with Crippen LogP contribution in [0.15, 0.2) is 29.3 Å². The zero-order valence-electron chi connectivity index (χ0n) is 16.1. The van der Waals surface area contributed by atoms with Crippen molar-refractivity contribution in [3.05, 3.63) is 35.4 Å². The second-order valence-electron chi connectivity index (χ2n) is 8.08. The van der Waals surface area contributed by atoms with Crippen molar-refractivity contribution in [3.63, 3.8) is 0 Å². The van der Waals surface area contributed by atoms with E-state index in [1.807, 2.05) is 0 Å². The molecular weight excluding hydrogens is 346 g/mol. The summed E-state index contributed by atoms with van der Waals surface area (Å²) in [6, 6.07) is 9.08. The van der Waals surface area contributed by atoms with Crippen LogP contribution in [0.4, 0.5) is 0 Å². The van der Waals surface area contributed by atoms with Gasteiger partial charge in [0.2, 0.25) is 0 Å². The van der Waals surface area contributed by atoms with Gasteiger partial charge in [-0.25, -0.2) is 8.42 Å². The first-order valence-electron chi connectivity index (χ1n) is 9.65. The van der Waals surface area contributed by atoms with E-state index in [4.69, 9.17) is 4.99 Å². The Morgan fingerprint density at radius 1 is 1.35 bits per heavy atom. The lowest BCUT2D eigenvalue weighted by Crippen LogP contribution is -2.43. The lowest BCUT2D eigenvalue weighted by atomic mass is 9.97. The van der Waals surface area contributed by atoms with Crippen LogP contribution in [0.25, 0.3) is 0 Å². The summed E-state index contributed by atoms with van der Waals surface area (Å²) in [7, 11) is -2.84. The molecule has 0 radical (unpaired) electrons. The van der Waals surface area contributed by atoms with E-state index < -0.39 is 9.84 Å². The number of aryl methyl sites for hydroxylation is 1. The number of nitrogens with one attached hydrogen (secondary N) is 1. The Morgan fingerprint density at radius 3 is 2.81 bits per heavy atom. The molecule has 0 spiro atoms. The molecule has 0 saturated carbocycles. The third-order valence-electron chi connectivity index (χ3n) is 5.25. The van der Waals surface area contributed by atoms with Crippen LogP contribution in [0.2, 0.25) is 0 Å². The summed E-state index contributed by atoms with van der Waals surface area (Å²) in [5, 5.41) is 3.48. The summed E-state index contributed by atoms with van der Waals surface area (Å²) in [5.74, 6) is 2.23. The van der Waals surface area contributed by atoms with Crippen LogP contribution >= 0.6 is 0 Å². The molecule has 2 heterocycles. The maximum Gasteiger partial charge on any atom is 0.194 e. The minimum Gasteiger partial charge on any atom is -0.354 e. The van der Waals surface area contributed by atoms with Gasteiger partial charge in [-0.3, -0.25) is 4.99 Å². The molecular formula is C20H31N3O2S. The number of guanidine groups is 1. The van der Waals surface area contributed by atoms with Gasteiger partial charge < -0.3 is 10.2 Å². The number of sulfone groups is 1. The van der Waals surface area contributed by atoms with E-state index in [0.717, 1.165) is 31.9 Å². The molecule has 2 saturated heterocycles. The molecule has 2 unspecified atom stereocenters. The molecule has 2 atom stereocenters. The topological polar surface area (TPSA) is 61.8 Å². The average molecular weight is 378 g/mol. The van der Waals surface area contributed by atoms with Gasteiger partial charge in [0.25, 0.3) is 0 Å². The van der Waals surface area contributed by atoms with E-state index in [9.17, 15) is 8.42 Å². The average Bonchev–Trinajstić information content (AvgIpc) is 3.18. The third kappa shape index (κ3) is 5.00. The molecule has 1 N–H and O–H groups in total. The summed E-state index contributed by atoms with van der Waals surface area (Å²) in [6.45, 7) is 8.91. The quantitative estimate of drug-likeness (QED) is 0.647. The van der Waals surface area contributed by atoms with Crippen LogP contribution in [0.1, 0.15) is 43.7 Å². The predicted octanol–water partition coefficient (Wildman–Crippen LogP) is 2.57. The van der Waals surface area contributed by atoms with E-state index in [0.29, 0.717) is 24.3 Å². The van der Waals surface area contributed by atoms with Crippen molar-refractivity contribution in [1.29, 1.82) is 0 Å². The molecule has 26 heavy (non-hydrogen) atoms. The van der Waals surface area contributed by atoms with Crippen LogP contribution in [0.3, 0.4) is 0 Å². The third-order valence-corrected chi connectivity index (χ3v) is 7.08. The normalized spacial score (nSPS) is 25.8. The summed E-state index contributed by atoms with van der Waals surface area (Å²) in [6.07, 6.45) is 1.87. The van der Waals surface area contributed by atoms with Gasteiger partial charge in [0.05, 0.1) is 11.5 Å². The minimum absolute atomic E-state index is 0.166. The molecule has 144 valence electrons. The van der Waals surface area contributed by atoms with E-state index >= 15 is 0 Å². The number of rotatable bonds is 4. The Bertz CT molecular complexity index is 758. The molecule has 0 amide bonds. The fourth-order valence-electron chi connectivity index (χ4n) is 3.88. The first-order valence-corrected chi connectivity index (χ1v) is 11.5. The van der Waals surface area contributed by atoms with Crippen molar-refractivity contribution < 1.29 is 8.42 Å². The predicted molar refractivity (Wildman–Crippen MR) is 107 cm³/mol. The summed E-state index contributed by atoms with van der Waals surface area (Å²) >= 11 is 0. The second-order valence-corrected chi connectivity index (χ2v) is 10.3. The Labute approximate surface area is 157 Å². The second kappa shape index (κ2) is 7.99. The fourth-order valence-corrected chi connectivity index (χ4v) is 5.72. The van der Waals surface area contributed by atoms with Gasteiger partial charge in [-0.2, -0.15) is 0 Å². The van der Waals surface area contributed by atoms with Crippen molar-refractivity contribution in [3.8, 4) is 0 Å². The lowest BCUT2D eigenvalue weighted by Gasteiger charge is -2.24. The smallest absolute Gasteiger partial charge is 0.194 e. The van der Waals surface area contributed by atoms with Gasteiger partial charge in [0.15, 0.2) is 15.8 Å². The Kier molecular flexibility index (Phi) is 5.90. The maximum absolute atomic E-state index is 11.7. The highest BCUT2D eigenvalue weighted by Gasteiger charge is 2.29. The Morgan fingerprint density at radius 2 is 2.15 bits per heavy atom. The highest BCUT2D eigenvalue weighted by Crippen LogP contribution is 2.28. The molecule has 2 aliphatic rings. The highest BCUT2D eigenvalue weighted by atomic mass is 32.2. The number of hydrogen-bond donors (Lipinski definition) is 1. The summed E-state index contributed by atoms with van der Waals surface area (Å²) in [5.41, 5.74) is 2.70. The summed E-state index contributed by atoms with van der Waals surface area (Å²) in [4.78, 5) is 7.14. The van der Waals surface area contributed by atoms with E-state index in [2.05, 4.69) is 55.3 Å². The number of nitrogens with zero attached hydrogens (tertiary/aromatic N) is 2. The van der Waals surface area contributed by atoms with Crippen molar-refractivity contribution in [2.75, 3.05) is 31.1 Å². The van der Waals surface area contributed by atoms with Crippen LogP contribution < -0.4 is 5.32 Å². The zero-order valence-corrected chi connectivity index (χ0v) is 16.9. The van der Waals surface area contributed by atoms with Gasteiger partial charge in [-0.05, 0) is 45.1 Å². The van der Waals surface area contributed by atoms with Gasteiger partial charge in [0, 0.05) is 31.6 Å². The standard InChI is InChI=1S/C20H31N3O2S/c1-15(2)22-20(21-12-17-8-10-26(24,25)14-17)23-9-7-19(13-23)18-6-4-5-16(3)11-18/h4-6,11,15,17,19H,7-10,12-14H2,1-3H3,(H,21,22). The first kappa shape index (κ1) is 19.2. The van der Waals surface area contributed by atoms with E-state index in [-0.39, 0.29) is 11.7 Å². The van der Waals surface area contributed by atoms with Crippen LogP contribution in [-0.4, -0.2) is 56.5 Å². The van der Waals surface area contributed by atoms with Gasteiger partial charge in [-0.15, -0.1) is 0 Å². The summed E-state index contributed by atoms with van der Waals surface area (Å²) < 4.78 is 23.3. The van der Waals surface area contributed by atoms with Crippen molar-refractivity contribution >= 4 is 15.8 Å². The molecule has 0 aromatic heterocycles. The van der Waals surface area contributed by atoms with E-state index in [1.165, 1.54) is 11.1 Å². The monoisotopic (exact) mass is 377 g/mol. The SMILES string of the molecule is Cc1cccc(C2CCN(C(=NCC3CCS(=O)(=O)C3)NC(C)C)C2)c1. The minimum atomic E-state index is -2.84.